The van der Waals surface area contributed by atoms with Crippen LogP contribution in [-0.4, -0.2) is 31.8 Å². The maximum Gasteiger partial charge on any atom is 0.226 e. The lowest BCUT2D eigenvalue weighted by atomic mass is 10.00. The molecule has 3 rings (SSSR count). The van der Waals surface area contributed by atoms with E-state index in [1.54, 1.807) is 0 Å². The Hall–Kier alpha value is -1.47. The molecule has 0 bridgehead atoms. The van der Waals surface area contributed by atoms with E-state index in [0.29, 0.717) is 11.2 Å². The third-order valence-electron chi connectivity index (χ3n) is 3.77. The second-order valence-electron chi connectivity index (χ2n) is 4.98. The lowest BCUT2D eigenvalue weighted by molar-refractivity contribution is -0.0186. The molecule has 3 heterocycles. The molecule has 20 heavy (non-hydrogen) atoms. The number of ether oxygens (including phenoxy) is 1. The van der Waals surface area contributed by atoms with Crippen LogP contribution in [0.2, 0.25) is 5.28 Å². The normalized spacial score (nSPS) is 30.2. The van der Waals surface area contributed by atoms with Gasteiger partial charge in [0.15, 0.2) is 23.9 Å². The van der Waals surface area contributed by atoms with Crippen molar-refractivity contribution in [3.63, 3.8) is 0 Å². The molecule has 0 spiro atoms. The molecule has 8 heteroatoms. The third kappa shape index (κ3) is 1.92. The average molecular weight is 300 g/mol. The number of alkyl halides is 1. The zero-order valence-corrected chi connectivity index (χ0v) is 11.9. The van der Waals surface area contributed by atoms with Gasteiger partial charge in [-0.2, -0.15) is 9.97 Å². The van der Waals surface area contributed by atoms with Crippen molar-refractivity contribution in [2.75, 3.05) is 5.73 Å². The molecule has 1 saturated heterocycles. The van der Waals surface area contributed by atoms with Gasteiger partial charge >= 0.3 is 0 Å². The van der Waals surface area contributed by atoms with E-state index in [-0.39, 0.29) is 23.1 Å². The predicted octanol–water partition coefficient (Wildman–Crippen LogP) is 2.34. The van der Waals surface area contributed by atoms with Gasteiger partial charge in [-0.05, 0) is 18.0 Å². The van der Waals surface area contributed by atoms with Gasteiger partial charge in [-0.1, -0.05) is 13.8 Å². The number of anilines is 1. The Morgan fingerprint density at radius 1 is 1.50 bits per heavy atom. The summed E-state index contributed by atoms with van der Waals surface area (Å²) < 4.78 is 21.7. The Kier molecular flexibility index (Phi) is 3.25. The summed E-state index contributed by atoms with van der Waals surface area (Å²) in [5.41, 5.74) is 6.53. The molecular weight excluding hydrogens is 285 g/mol. The van der Waals surface area contributed by atoms with Gasteiger partial charge in [-0.25, -0.2) is 9.37 Å². The largest absolute Gasteiger partial charge is 0.382 e. The summed E-state index contributed by atoms with van der Waals surface area (Å²) in [5.74, 6) is -0.00986. The lowest BCUT2D eigenvalue weighted by Crippen LogP contribution is -2.20. The highest BCUT2D eigenvalue weighted by Crippen LogP contribution is 2.38. The number of hydrogen-bond acceptors (Lipinski definition) is 5. The van der Waals surface area contributed by atoms with Gasteiger partial charge in [0.05, 0.1) is 12.4 Å². The summed E-state index contributed by atoms with van der Waals surface area (Å²) in [6.45, 7) is 3.81. The molecule has 6 nitrogen and oxygen atoms in total. The molecule has 0 saturated carbocycles. The Labute approximate surface area is 120 Å². The van der Waals surface area contributed by atoms with Crippen LogP contribution in [0, 0.1) is 5.92 Å². The zero-order chi connectivity index (χ0) is 14.4. The van der Waals surface area contributed by atoms with Crippen LogP contribution in [0.15, 0.2) is 6.33 Å². The number of hydrogen-bond donors (Lipinski definition) is 1. The number of nitrogen functional groups attached to an aromatic ring is 1. The molecule has 0 aromatic carbocycles. The first-order valence-corrected chi connectivity index (χ1v) is 6.85. The minimum Gasteiger partial charge on any atom is -0.382 e. The molecule has 2 aromatic heterocycles. The molecule has 1 aliphatic heterocycles. The smallest absolute Gasteiger partial charge is 0.226 e. The predicted molar refractivity (Wildman–Crippen MR) is 73.0 cm³/mol. The highest BCUT2D eigenvalue weighted by atomic mass is 35.5. The molecule has 0 radical (unpaired) electrons. The molecule has 1 fully saturated rings. The monoisotopic (exact) mass is 299 g/mol. The van der Waals surface area contributed by atoms with Crippen molar-refractivity contribution in [3.05, 3.63) is 11.6 Å². The topological polar surface area (TPSA) is 78.9 Å². The number of imidazole rings is 1. The lowest BCUT2D eigenvalue weighted by Gasteiger charge is -2.15. The van der Waals surface area contributed by atoms with Crippen LogP contribution in [0.25, 0.3) is 11.2 Å². The van der Waals surface area contributed by atoms with E-state index in [2.05, 4.69) is 15.0 Å². The maximum atomic E-state index is 14.4. The molecule has 1 aliphatic rings. The summed E-state index contributed by atoms with van der Waals surface area (Å²) in [4.78, 5) is 12.0. The second-order valence-corrected chi connectivity index (χ2v) is 5.32. The molecule has 2 aromatic rings. The van der Waals surface area contributed by atoms with Crippen molar-refractivity contribution in [1.82, 2.24) is 19.5 Å². The Balaban J connectivity index is 2.07. The minimum atomic E-state index is -1.13. The van der Waals surface area contributed by atoms with E-state index >= 15 is 0 Å². The fourth-order valence-corrected chi connectivity index (χ4v) is 2.80. The van der Waals surface area contributed by atoms with Crippen molar-refractivity contribution >= 4 is 28.6 Å². The average Bonchev–Trinajstić information content (AvgIpc) is 2.93. The first-order valence-electron chi connectivity index (χ1n) is 6.48. The molecule has 0 aliphatic carbocycles. The highest BCUT2D eigenvalue weighted by molar-refractivity contribution is 6.28. The fraction of sp³-hybridized carbons (Fsp3) is 0.583. The minimum absolute atomic E-state index is 0.00486. The number of nitrogens with zero attached hydrogens (tertiary/aromatic N) is 4. The summed E-state index contributed by atoms with van der Waals surface area (Å²) in [7, 11) is 0. The van der Waals surface area contributed by atoms with Gasteiger partial charge in [0.1, 0.15) is 5.52 Å². The molecule has 2 N–H and O–H groups in total. The number of halogens is 2. The zero-order valence-electron chi connectivity index (χ0n) is 11.1. The molecule has 108 valence electrons. The van der Waals surface area contributed by atoms with Crippen LogP contribution in [0.3, 0.4) is 0 Å². The van der Waals surface area contributed by atoms with E-state index < -0.39 is 12.4 Å². The maximum absolute atomic E-state index is 14.4. The summed E-state index contributed by atoms with van der Waals surface area (Å²) in [6.07, 6.45) is 0.205. The van der Waals surface area contributed by atoms with Crippen LogP contribution in [-0.2, 0) is 4.74 Å². The van der Waals surface area contributed by atoms with E-state index in [1.165, 1.54) is 10.9 Å². The molecule has 1 unspecified atom stereocenters. The van der Waals surface area contributed by atoms with E-state index in [1.807, 2.05) is 13.8 Å². The van der Waals surface area contributed by atoms with Gasteiger partial charge in [0, 0.05) is 5.92 Å². The van der Waals surface area contributed by atoms with Gasteiger partial charge < -0.3 is 10.5 Å². The van der Waals surface area contributed by atoms with Crippen LogP contribution in [0.5, 0.6) is 0 Å². The van der Waals surface area contributed by atoms with Crippen LogP contribution in [0.1, 0.15) is 26.5 Å². The fourth-order valence-electron chi connectivity index (χ4n) is 2.63. The number of nitrogens with two attached hydrogens (primary N) is 1. The second kappa shape index (κ2) is 4.82. The number of fused-ring (bicyclic) bond motifs is 1. The van der Waals surface area contributed by atoms with Crippen LogP contribution < -0.4 is 5.73 Å². The quantitative estimate of drug-likeness (QED) is 0.861. The van der Waals surface area contributed by atoms with Crippen molar-refractivity contribution in [3.8, 4) is 0 Å². The highest BCUT2D eigenvalue weighted by Gasteiger charge is 2.43. The number of rotatable bonds is 2. The van der Waals surface area contributed by atoms with Crippen LogP contribution >= 0.6 is 11.6 Å². The van der Waals surface area contributed by atoms with E-state index in [9.17, 15) is 4.39 Å². The van der Waals surface area contributed by atoms with Crippen molar-refractivity contribution in [2.45, 2.75) is 38.8 Å². The molecular formula is C12H15ClFN5O. The summed E-state index contributed by atoms with van der Waals surface area (Å²) in [5, 5.41) is 0.00486. The summed E-state index contributed by atoms with van der Waals surface area (Å²) in [6, 6.07) is 0. The van der Waals surface area contributed by atoms with Gasteiger partial charge in [0.2, 0.25) is 5.28 Å². The van der Waals surface area contributed by atoms with Crippen molar-refractivity contribution < 1.29 is 9.13 Å². The standard InChI is InChI=1S/C12H15ClFN5O/c1-3-6-5(2)7(14)11(20-6)19-4-16-8-9(15)17-12(13)18-10(8)19/h4-7,11H,3H2,1-2H3,(H2,15,17,18)/t5-,6+,7?,11+/m0/s1. The summed E-state index contributed by atoms with van der Waals surface area (Å²) >= 11 is 5.80. The van der Waals surface area contributed by atoms with E-state index in [4.69, 9.17) is 22.1 Å². The van der Waals surface area contributed by atoms with Crippen molar-refractivity contribution in [2.24, 2.45) is 5.92 Å². The number of aromatic nitrogens is 4. The third-order valence-corrected chi connectivity index (χ3v) is 3.94. The SMILES string of the molecule is CC[C@H]1O[C@@H](n2cnc3c(N)nc(Cl)nc32)C(F)[C@H]1C. The Morgan fingerprint density at radius 3 is 2.90 bits per heavy atom. The van der Waals surface area contributed by atoms with Gasteiger partial charge in [0.25, 0.3) is 0 Å². The molecule has 0 amide bonds. The first kappa shape index (κ1) is 13.5. The molecule has 4 atom stereocenters. The Bertz CT molecular complexity index is 648. The van der Waals surface area contributed by atoms with Gasteiger partial charge in [-0.15, -0.1) is 0 Å². The van der Waals surface area contributed by atoms with Gasteiger partial charge in [-0.3, -0.25) is 4.57 Å². The first-order chi connectivity index (χ1) is 9.52. The van der Waals surface area contributed by atoms with E-state index in [0.717, 1.165) is 6.42 Å². The van der Waals surface area contributed by atoms with Crippen molar-refractivity contribution in [1.29, 1.82) is 0 Å². The van der Waals surface area contributed by atoms with Crippen LogP contribution in [0.4, 0.5) is 10.2 Å². The Morgan fingerprint density at radius 2 is 2.25 bits per heavy atom.